The van der Waals surface area contributed by atoms with Crippen molar-refractivity contribution < 1.29 is 9.59 Å². The first-order chi connectivity index (χ1) is 12.0. The summed E-state index contributed by atoms with van der Waals surface area (Å²) in [5, 5.41) is 0. The number of hydrogen-bond acceptors (Lipinski definition) is 3. The Kier molecular flexibility index (Phi) is 4.83. The van der Waals surface area contributed by atoms with E-state index < -0.39 is 5.91 Å². The molecule has 0 unspecified atom stereocenters. The van der Waals surface area contributed by atoms with Gasteiger partial charge < -0.3 is 10.6 Å². The topological polar surface area (TPSA) is 76.3 Å². The average molecular weight is 337 g/mol. The SMILES string of the molecule is C[C@H](c1ccccc1)c1cc(C(N)=O)cc(C(=O)N(C)C2CCC2)n1. The van der Waals surface area contributed by atoms with Crippen LogP contribution in [0.1, 0.15) is 64.2 Å². The predicted octanol–water partition coefficient (Wildman–Crippen LogP) is 2.96. The molecule has 2 N–H and O–H groups in total. The van der Waals surface area contributed by atoms with Gasteiger partial charge in [-0.05, 0) is 37.0 Å². The van der Waals surface area contributed by atoms with Crippen LogP contribution >= 0.6 is 0 Å². The number of carbonyl (C=O) groups is 2. The molecule has 1 heterocycles. The highest BCUT2D eigenvalue weighted by Crippen LogP contribution is 2.26. The van der Waals surface area contributed by atoms with Crippen LogP contribution in [0.5, 0.6) is 0 Å². The second-order valence-corrected chi connectivity index (χ2v) is 6.66. The third-order valence-electron chi connectivity index (χ3n) is 5.03. The van der Waals surface area contributed by atoms with E-state index in [0.29, 0.717) is 11.3 Å². The van der Waals surface area contributed by atoms with Crippen LogP contribution in [0.2, 0.25) is 0 Å². The molecule has 25 heavy (non-hydrogen) atoms. The number of rotatable bonds is 5. The van der Waals surface area contributed by atoms with Gasteiger partial charge in [0.15, 0.2) is 0 Å². The molecular formula is C20H23N3O2. The van der Waals surface area contributed by atoms with Gasteiger partial charge in [-0.25, -0.2) is 4.98 Å². The number of benzene rings is 1. The summed E-state index contributed by atoms with van der Waals surface area (Å²) >= 11 is 0. The van der Waals surface area contributed by atoms with E-state index in [1.54, 1.807) is 18.0 Å². The number of pyridine rings is 1. The number of carbonyl (C=O) groups excluding carboxylic acids is 2. The van der Waals surface area contributed by atoms with Crippen molar-refractivity contribution in [2.45, 2.75) is 38.1 Å². The van der Waals surface area contributed by atoms with Crippen molar-refractivity contribution in [3.63, 3.8) is 0 Å². The number of hydrogen-bond donors (Lipinski definition) is 1. The molecule has 0 bridgehead atoms. The van der Waals surface area contributed by atoms with Crippen LogP contribution in [0.3, 0.4) is 0 Å². The van der Waals surface area contributed by atoms with E-state index in [0.717, 1.165) is 24.8 Å². The predicted molar refractivity (Wildman–Crippen MR) is 96.4 cm³/mol. The molecule has 1 aromatic carbocycles. The minimum atomic E-state index is -0.552. The van der Waals surface area contributed by atoms with Gasteiger partial charge in [-0.2, -0.15) is 0 Å². The Bertz CT molecular complexity index is 785. The van der Waals surface area contributed by atoms with E-state index in [9.17, 15) is 9.59 Å². The van der Waals surface area contributed by atoms with E-state index in [-0.39, 0.29) is 23.6 Å². The van der Waals surface area contributed by atoms with Crippen LogP contribution in [0.4, 0.5) is 0 Å². The molecule has 0 saturated heterocycles. The van der Waals surface area contributed by atoms with Crippen LogP contribution < -0.4 is 5.73 Å². The first kappa shape index (κ1) is 17.1. The zero-order valence-corrected chi connectivity index (χ0v) is 14.6. The van der Waals surface area contributed by atoms with Gasteiger partial charge >= 0.3 is 0 Å². The molecule has 1 atom stereocenters. The molecule has 0 radical (unpaired) electrons. The molecule has 3 rings (SSSR count). The van der Waals surface area contributed by atoms with Crippen molar-refractivity contribution in [1.29, 1.82) is 0 Å². The molecule has 1 aliphatic rings. The summed E-state index contributed by atoms with van der Waals surface area (Å²) in [4.78, 5) is 30.8. The zero-order valence-electron chi connectivity index (χ0n) is 14.6. The fourth-order valence-electron chi connectivity index (χ4n) is 3.06. The monoisotopic (exact) mass is 337 g/mol. The molecule has 1 aliphatic carbocycles. The van der Waals surface area contributed by atoms with Gasteiger partial charge in [0, 0.05) is 30.3 Å². The standard InChI is InChI=1S/C20H23N3O2/c1-13(14-7-4-3-5-8-14)17-11-15(19(21)24)12-18(22-17)20(25)23(2)16-9-6-10-16/h3-5,7-8,11-13,16H,6,9-10H2,1-2H3,(H2,21,24)/t13-/m1/s1. The molecule has 130 valence electrons. The second kappa shape index (κ2) is 7.05. The number of amides is 2. The van der Waals surface area contributed by atoms with Crippen molar-refractivity contribution in [3.05, 3.63) is 65.0 Å². The Hall–Kier alpha value is -2.69. The van der Waals surface area contributed by atoms with E-state index >= 15 is 0 Å². The zero-order chi connectivity index (χ0) is 18.0. The maximum absolute atomic E-state index is 12.8. The Morgan fingerprint density at radius 2 is 1.88 bits per heavy atom. The first-order valence-corrected chi connectivity index (χ1v) is 8.61. The largest absolute Gasteiger partial charge is 0.366 e. The second-order valence-electron chi connectivity index (χ2n) is 6.66. The lowest BCUT2D eigenvalue weighted by Crippen LogP contribution is -2.41. The minimum Gasteiger partial charge on any atom is -0.366 e. The van der Waals surface area contributed by atoms with Crippen molar-refractivity contribution in [2.24, 2.45) is 5.73 Å². The van der Waals surface area contributed by atoms with Crippen LogP contribution in [-0.4, -0.2) is 34.8 Å². The lowest BCUT2D eigenvalue weighted by molar-refractivity contribution is 0.0645. The number of primary amides is 1. The van der Waals surface area contributed by atoms with Gasteiger partial charge in [0.05, 0.1) is 0 Å². The van der Waals surface area contributed by atoms with Gasteiger partial charge in [-0.3, -0.25) is 9.59 Å². The smallest absolute Gasteiger partial charge is 0.272 e. The van der Waals surface area contributed by atoms with Crippen molar-refractivity contribution in [1.82, 2.24) is 9.88 Å². The molecule has 2 amide bonds. The molecular weight excluding hydrogens is 314 g/mol. The van der Waals surface area contributed by atoms with Crippen molar-refractivity contribution in [3.8, 4) is 0 Å². The van der Waals surface area contributed by atoms with E-state index in [4.69, 9.17) is 5.73 Å². The molecule has 1 aromatic heterocycles. The molecule has 2 aromatic rings. The van der Waals surface area contributed by atoms with Crippen molar-refractivity contribution in [2.75, 3.05) is 7.05 Å². The Labute approximate surface area is 147 Å². The quantitative estimate of drug-likeness (QED) is 0.911. The molecule has 1 saturated carbocycles. The van der Waals surface area contributed by atoms with Crippen LogP contribution in [-0.2, 0) is 0 Å². The van der Waals surface area contributed by atoms with Gasteiger partial charge in [-0.15, -0.1) is 0 Å². The highest BCUT2D eigenvalue weighted by atomic mass is 16.2. The van der Waals surface area contributed by atoms with E-state index in [1.165, 1.54) is 6.07 Å². The van der Waals surface area contributed by atoms with Crippen molar-refractivity contribution >= 4 is 11.8 Å². The Morgan fingerprint density at radius 3 is 2.44 bits per heavy atom. The minimum absolute atomic E-state index is 0.0407. The third-order valence-corrected chi connectivity index (χ3v) is 5.03. The van der Waals surface area contributed by atoms with E-state index in [1.807, 2.05) is 37.3 Å². The van der Waals surface area contributed by atoms with Gasteiger partial charge in [0.1, 0.15) is 5.69 Å². The lowest BCUT2D eigenvalue weighted by Gasteiger charge is -2.34. The summed E-state index contributed by atoms with van der Waals surface area (Å²) < 4.78 is 0. The summed E-state index contributed by atoms with van der Waals surface area (Å²) in [5.41, 5.74) is 7.82. The summed E-state index contributed by atoms with van der Waals surface area (Å²) in [7, 11) is 1.80. The summed E-state index contributed by atoms with van der Waals surface area (Å²) in [6.07, 6.45) is 3.18. The van der Waals surface area contributed by atoms with Gasteiger partial charge in [0.25, 0.3) is 5.91 Å². The van der Waals surface area contributed by atoms with Crippen LogP contribution in [0, 0.1) is 0 Å². The molecule has 1 fully saturated rings. The maximum Gasteiger partial charge on any atom is 0.272 e. The Balaban J connectivity index is 1.97. The normalized spacial score (nSPS) is 15.3. The molecule has 5 heteroatoms. The highest BCUT2D eigenvalue weighted by molar-refractivity contribution is 5.98. The van der Waals surface area contributed by atoms with E-state index in [2.05, 4.69) is 4.98 Å². The molecule has 0 spiro atoms. The highest BCUT2D eigenvalue weighted by Gasteiger charge is 2.28. The third kappa shape index (κ3) is 3.55. The fourth-order valence-corrected chi connectivity index (χ4v) is 3.06. The van der Waals surface area contributed by atoms with Crippen LogP contribution in [0.25, 0.3) is 0 Å². The van der Waals surface area contributed by atoms with Gasteiger partial charge in [-0.1, -0.05) is 37.3 Å². The summed E-state index contributed by atoms with van der Waals surface area (Å²) in [6, 6.07) is 13.3. The Morgan fingerprint density at radius 1 is 1.20 bits per heavy atom. The lowest BCUT2D eigenvalue weighted by atomic mass is 9.91. The maximum atomic E-state index is 12.8. The first-order valence-electron chi connectivity index (χ1n) is 8.61. The number of nitrogens with zero attached hydrogens (tertiary/aromatic N) is 2. The average Bonchev–Trinajstić information content (AvgIpc) is 2.59. The van der Waals surface area contributed by atoms with Gasteiger partial charge in [0.2, 0.25) is 5.91 Å². The molecule has 0 aliphatic heterocycles. The number of aromatic nitrogens is 1. The fraction of sp³-hybridized carbons (Fsp3) is 0.350. The molecule has 5 nitrogen and oxygen atoms in total. The number of nitrogens with two attached hydrogens (primary N) is 1. The summed E-state index contributed by atoms with van der Waals surface area (Å²) in [5.74, 6) is -0.750. The summed E-state index contributed by atoms with van der Waals surface area (Å²) in [6.45, 7) is 2.01. The van der Waals surface area contributed by atoms with Crippen LogP contribution in [0.15, 0.2) is 42.5 Å².